The smallest absolute Gasteiger partial charge is 0.0351 e. The predicted molar refractivity (Wildman–Crippen MR) is 94.2 cm³/mol. The molecule has 0 bridgehead atoms. The summed E-state index contributed by atoms with van der Waals surface area (Å²) in [6.07, 6.45) is 20.1. The number of rotatable bonds is 12. The van der Waals surface area contributed by atoms with Crippen LogP contribution >= 0.6 is 0 Å². The Morgan fingerprint density at radius 2 is 1.20 bits per heavy atom. The molecule has 0 aliphatic carbocycles. The highest BCUT2D eigenvalue weighted by molar-refractivity contribution is 4.76. The maximum absolute atomic E-state index is 2.41. The van der Waals surface area contributed by atoms with Gasteiger partial charge in [-0.25, -0.2) is 0 Å². The minimum atomic E-state index is 0.493. The quantitative estimate of drug-likeness (QED) is 0.256. The van der Waals surface area contributed by atoms with Crippen LogP contribution in [-0.2, 0) is 0 Å². The SMILES string of the molecule is CC=CCCCCCCCCCCCC(C)C(C)(C)C. The van der Waals surface area contributed by atoms with Gasteiger partial charge in [-0.05, 0) is 31.1 Å². The summed E-state index contributed by atoms with van der Waals surface area (Å²) < 4.78 is 0. The Morgan fingerprint density at radius 3 is 1.65 bits per heavy atom. The van der Waals surface area contributed by atoms with Gasteiger partial charge in [-0.15, -0.1) is 0 Å². The number of allylic oxidation sites excluding steroid dienone is 2. The number of hydrogen-bond donors (Lipinski definition) is 0. The van der Waals surface area contributed by atoms with Crippen molar-refractivity contribution in [1.82, 2.24) is 0 Å². The summed E-state index contributed by atoms with van der Waals surface area (Å²) in [5, 5.41) is 0. The van der Waals surface area contributed by atoms with Gasteiger partial charge in [0.2, 0.25) is 0 Å². The molecule has 0 aromatic rings. The summed E-state index contributed by atoms with van der Waals surface area (Å²) in [6.45, 7) is 11.6. The average Bonchev–Trinajstić information content (AvgIpc) is 2.38. The van der Waals surface area contributed by atoms with Crippen molar-refractivity contribution >= 4 is 0 Å². The van der Waals surface area contributed by atoms with E-state index in [1.54, 1.807) is 0 Å². The monoisotopic (exact) mass is 280 g/mol. The van der Waals surface area contributed by atoms with E-state index in [-0.39, 0.29) is 0 Å². The van der Waals surface area contributed by atoms with E-state index in [4.69, 9.17) is 0 Å². The molecule has 0 aliphatic heterocycles. The van der Waals surface area contributed by atoms with Crippen LogP contribution in [0.5, 0.6) is 0 Å². The van der Waals surface area contributed by atoms with Gasteiger partial charge in [-0.1, -0.05) is 97.6 Å². The predicted octanol–water partition coefficient (Wildman–Crippen LogP) is 7.54. The Balaban J connectivity index is 3.17. The molecule has 0 heteroatoms. The molecule has 0 heterocycles. The van der Waals surface area contributed by atoms with Crippen LogP contribution in [-0.4, -0.2) is 0 Å². The summed E-state index contributed by atoms with van der Waals surface area (Å²) in [6, 6.07) is 0. The Bertz CT molecular complexity index is 219. The first-order valence-corrected chi connectivity index (χ1v) is 9.09. The Kier molecular flexibility index (Phi) is 12.3. The highest BCUT2D eigenvalue weighted by Crippen LogP contribution is 2.29. The lowest BCUT2D eigenvalue weighted by Gasteiger charge is -2.27. The van der Waals surface area contributed by atoms with Crippen LogP contribution in [0, 0.1) is 11.3 Å². The number of unbranched alkanes of at least 4 members (excludes halogenated alkanes) is 9. The van der Waals surface area contributed by atoms with Crippen molar-refractivity contribution in [2.24, 2.45) is 11.3 Å². The zero-order valence-electron chi connectivity index (χ0n) is 15.0. The summed E-state index contributed by atoms with van der Waals surface area (Å²) >= 11 is 0. The minimum absolute atomic E-state index is 0.493. The molecule has 0 rings (SSSR count). The van der Waals surface area contributed by atoms with Gasteiger partial charge in [0, 0.05) is 0 Å². The molecule has 0 fully saturated rings. The van der Waals surface area contributed by atoms with Crippen LogP contribution in [0.2, 0.25) is 0 Å². The molecule has 0 amide bonds. The van der Waals surface area contributed by atoms with Crippen LogP contribution in [0.25, 0.3) is 0 Å². The van der Waals surface area contributed by atoms with E-state index in [1.165, 1.54) is 70.6 Å². The molecule has 0 aromatic heterocycles. The molecule has 0 spiro atoms. The van der Waals surface area contributed by atoms with E-state index in [9.17, 15) is 0 Å². The normalized spacial score (nSPS) is 14.1. The molecule has 0 N–H and O–H groups in total. The second-order valence-electron chi connectivity index (χ2n) is 7.60. The first-order chi connectivity index (χ1) is 9.48. The molecule has 0 saturated carbocycles. The summed E-state index contributed by atoms with van der Waals surface area (Å²) in [5.41, 5.74) is 0.493. The van der Waals surface area contributed by atoms with Crippen molar-refractivity contribution in [1.29, 1.82) is 0 Å². The lowest BCUT2D eigenvalue weighted by molar-refractivity contribution is 0.240. The van der Waals surface area contributed by atoms with Crippen molar-refractivity contribution in [2.75, 3.05) is 0 Å². The van der Waals surface area contributed by atoms with Gasteiger partial charge in [-0.2, -0.15) is 0 Å². The van der Waals surface area contributed by atoms with Crippen LogP contribution in [0.4, 0.5) is 0 Å². The molecule has 1 unspecified atom stereocenters. The fourth-order valence-corrected chi connectivity index (χ4v) is 2.55. The first-order valence-electron chi connectivity index (χ1n) is 9.09. The van der Waals surface area contributed by atoms with Gasteiger partial charge in [-0.3, -0.25) is 0 Å². The number of hydrogen-bond acceptors (Lipinski definition) is 0. The molecule has 0 saturated heterocycles. The average molecular weight is 281 g/mol. The first kappa shape index (κ1) is 19.7. The zero-order valence-corrected chi connectivity index (χ0v) is 15.0. The van der Waals surface area contributed by atoms with Crippen LogP contribution < -0.4 is 0 Å². The maximum atomic E-state index is 2.41. The minimum Gasteiger partial charge on any atom is -0.0917 e. The van der Waals surface area contributed by atoms with E-state index in [1.807, 2.05) is 0 Å². The second kappa shape index (κ2) is 12.5. The van der Waals surface area contributed by atoms with E-state index >= 15 is 0 Å². The molecule has 20 heavy (non-hydrogen) atoms. The van der Waals surface area contributed by atoms with Crippen molar-refractivity contribution < 1.29 is 0 Å². The van der Waals surface area contributed by atoms with Crippen molar-refractivity contribution in [3.63, 3.8) is 0 Å². The van der Waals surface area contributed by atoms with Gasteiger partial charge in [0.25, 0.3) is 0 Å². The molecular formula is C20H40. The highest BCUT2D eigenvalue weighted by atomic mass is 14.2. The Labute approximate surface area is 129 Å². The van der Waals surface area contributed by atoms with E-state index < -0.39 is 0 Å². The molecular weight excluding hydrogens is 240 g/mol. The molecule has 0 aromatic carbocycles. The van der Waals surface area contributed by atoms with Crippen molar-refractivity contribution in [3.8, 4) is 0 Å². The summed E-state index contributed by atoms with van der Waals surface area (Å²) in [4.78, 5) is 0. The second-order valence-corrected chi connectivity index (χ2v) is 7.60. The van der Waals surface area contributed by atoms with Crippen LogP contribution in [0.3, 0.4) is 0 Å². The van der Waals surface area contributed by atoms with Gasteiger partial charge < -0.3 is 0 Å². The van der Waals surface area contributed by atoms with E-state index in [0.717, 1.165) is 5.92 Å². The third-order valence-corrected chi connectivity index (χ3v) is 4.72. The van der Waals surface area contributed by atoms with Gasteiger partial charge >= 0.3 is 0 Å². The maximum Gasteiger partial charge on any atom is -0.0351 e. The molecule has 1 atom stereocenters. The molecule has 0 aliphatic rings. The largest absolute Gasteiger partial charge is 0.0917 e. The fraction of sp³-hybridized carbons (Fsp3) is 0.900. The third-order valence-electron chi connectivity index (χ3n) is 4.72. The highest BCUT2D eigenvalue weighted by Gasteiger charge is 2.18. The van der Waals surface area contributed by atoms with Gasteiger partial charge in [0.15, 0.2) is 0 Å². The lowest BCUT2D eigenvalue weighted by atomic mass is 9.79. The standard InChI is InChI=1S/C20H40/c1-6-7-8-9-10-11-12-13-14-15-16-17-18-19(2)20(3,4)5/h6-7,19H,8-18H2,1-5H3. The summed E-state index contributed by atoms with van der Waals surface area (Å²) in [7, 11) is 0. The summed E-state index contributed by atoms with van der Waals surface area (Å²) in [5.74, 6) is 0.861. The van der Waals surface area contributed by atoms with Crippen LogP contribution in [0.1, 0.15) is 105 Å². The van der Waals surface area contributed by atoms with Crippen LogP contribution in [0.15, 0.2) is 12.2 Å². The Morgan fingerprint density at radius 1 is 0.750 bits per heavy atom. The lowest BCUT2D eigenvalue weighted by Crippen LogP contribution is -2.16. The molecule has 120 valence electrons. The molecule has 0 radical (unpaired) electrons. The zero-order chi connectivity index (χ0) is 15.3. The van der Waals surface area contributed by atoms with Gasteiger partial charge in [0.1, 0.15) is 0 Å². The van der Waals surface area contributed by atoms with E-state index in [0.29, 0.717) is 5.41 Å². The van der Waals surface area contributed by atoms with Crippen molar-refractivity contribution in [2.45, 2.75) is 105 Å². The fourth-order valence-electron chi connectivity index (χ4n) is 2.55. The van der Waals surface area contributed by atoms with Gasteiger partial charge in [0.05, 0.1) is 0 Å². The Hall–Kier alpha value is -0.260. The molecule has 0 nitrogen and oxygen atoms in total. The topological polar surface area (TPSA) is 0 Å². The van der Waals surface area contributed by atoms with Crippen molar-refractivity contribution in [3.05, 3.63) is 12.2 Å². The third kappa shape index (κ3) is 12.8. The van der Waals surface area contributed by atoms with E-state index in [2.05, 4.69) is 46.8 Å².